The van der Waals surface area contributed by atoms with Gasteiger partial charge in [-0.1, -0.05) is 16.8 Å². The van der Waals surface area contributed by atoms with Crippen molar-refractivity contribution in [3.63, 3.8) is 0 Å². The van der Waals surface area contributed by atoms with Crippen molar-refractivity contribution in [3.05, 3.63) is 46.4 Å². The molecule has 0 bridgehead atoms. The number of aryl methyl sites for hydroxylation is 2. The van der Waals surface area contributed by atoms with Crippen LogP contribution in [-0.4, -0.2) is 21.0 Å². The van der Waals surface area contributed by atoms with Crippen LogP contribution in [0.25, 0.3) is 0 Å². The Morgan fingerprint density at radius 3 is 2.75 bits per heavy atom. The molecule has 0 aromatic carbocycles. The van der Waals surface area contributed by atoms with Crippen LogP contribution in [0.15, 0.2) is 29.7 Å². The van der Waals surface area contributed by atoms with E-state index < -0.39 is 0 Å². The topological polar surface area (TPSA) is 93.6 Å². The van der Waals surface area contributed by atoms with Gasteiger partial charge in [0, 0.05) is 18.0 Å². The van der Waals surface area contributed by atoms with Gasteiger partial charge in [-0.2, -0.15) is 0 Å². The zero-order chi connectivity index (χ0) is 14.7. The number of aromatic nitrogens is 2. The van der Waals surface area contributed by atoms with E-state index in [-0.39, 0.29) is 11.7 Å². The minimum atomic E-state index is -0.0695. The molecule has 0 saturated carbocycles. The first-order valence-electron chi connectivity index (χ1n) is 5.76. The van der Waals surface area contributed by atoms with Crippen molar-refractivity contribution in [1.29, 1.82) is 0 Å². The highest BCUT2D eigenvalue weighted by molar-refractivity contribution is 6.30. The highest BCUT2D eigenvalue weighted by atomic mass is 35.5. The van der Waals surface area contributed by atoms with Crippen LogP contribution in [0.2, 0.25) is 5.02 Å². The number of nitrogens with zero attached hydrogens (tertiary/aromatic N) is 3. The summed E-state index contributed by atoms with van der Waals surface area (Å²) in [5, 5.41) is 12.3. The smallest absolute Gasteiger partial charge is 0.230 e. The second-order valence-electron chi connectivity index (χ2n) is 4.19. The van der Waals surface area contributed by atoms with E-state index in [0.717, 1.165) is 11.3 Å². The summed E-state index contributed by atoms with van der Waals surface area (Å²) < 4.78 is 5.64. The summed E-state index contributed by atoms with van der Waals surface area (Å²) in [7, 11) is 0. The average Bonchev–Trinajstić information content (AvgIpc) is 2.37. The number of pyridine rings is 2. The molecular weight excluding hydrogens is 280 g/mol. The molecule has 3 N–H and O–H groups in total. The van der Waals surface area contributed by atoms with E-state index >= 15 is 0 Å². The number of hydrogen-bond acceptors (Lipinski definition) is 5. The Hall–Kier alpha value is -2.34. The molecule has 0 aliphatic rings. The maximum absolute atomic E-state index is 8.86. The average molecular weight is 293 g/mol. The molecule has 7 heteroatoms. The van der Waals surface area contributed by atoms with E-state index in [1.807, 2.05) is 19.9 Å². The van der Waals surface area contributed by atoms with Gasteiger partial charge in [-0.05, 0) is 25.5 Å². The van der Waals surface area contributed by atoms with E-state index in [2.05, 4.69) is 15.1 Å². The van der Waals surface area contributed by atoms with Gasteiger partial charge in [0.05, 0.1) is 16.8 Å². The molecule has 20 heavy (non-hydrogen) atoms. The predicted molar refractivity (Wildman–Crippen MR) is 75.5 cm³/mol. The summed E-state index contributed by atoms with van der Waals surface area (Å²) in [5.74, 6) is 0.587. The number of halogens is 1. The molecule has 0 spiro atoms. The van der Waals surface area contributed by atoms with Gasteiger partial charge in [0.1, 0.15) is 5.75 Å². The molecule has 0 fully saturated rings. The lowest BCUT2D eigenvalue weighted by molar-refractivity contribution is 0.318. The van der Waals surface area contributed by atoms with Gasteiger partial charge in [-0.3, -0.25) is 4.98 Å². The predicted octanol–water partition coefficient (Wildman–Crippen LogP) is 2.63. The molecule has 2 heterocycles. The molecule has 0 amide bonds. The van der Waals surface area contributed by atoms with Crippen LogP contribution in [0.3, 0.4) is 0 Å². The number of ether oxygens (including phenoxy) is 1. The van der Waals surface area contributed by atoms with Gasteiger partial charge in [0.2, 0.25) is 5.88 Å². The van der Waals surface area contributed by atoms with Crippen LogP contribution in [0.1, 0.15) is 16.8 Å². The van der Waals surface area contributed by atoms with Crippen molar-refractivity contribution in [1.82, 2.24) is 9.97 Å². The van der Waals surface area contributed by atoms with E-state index in [0.29, 0.717) is 16.3 Å². The quantitative estimate of drug-likeness (QED) is 0.392. The Morgan fingerprint density at radius 1 is 1.35 bits per heavy atom. The summed E-state index contributed by atoms with van der Waals surface area (Å²) in [6.45, 7) is 3.65. The number of nitrogens with two attached hydrogens (primary N) is 1. The summed E-state index contributed by atoms with van der Waals surface area (Å²) >= 11 is 5.85. The lowest BCUT2D eigenvalue weighted by Gasteiger charge is -2.12. The summed E-state index contributed by atoms with van der Waals surface area (Å²) in [5.41, 5.74) is 7.64. The van der Waals surface area contributed by atoms with Gasteiger partial charge in [0.15, 0.2) is 5.84 Å². The third-order valence-corrected chi connectivity index (χ3v) is 2.78. The molecule has 0 atom stereocenters. The maximum atomic E-state index is 8.86. The van der Waals surface area contributed by atoms with Crippen molar-refractivity contribution in [2.45, 2.75) is 13.8 Å². The lowest BCUT2D eigenvalue weighted by Crippen LogP contribution is -2.17. The van der Waals surface area contributed by atoms with Crippen LogP contribution < -0.4 is 10.5 Å². The minimum absolute atomic E-state index is 0.0695. The van der Waals surface area contributed by atoms with Crippen molar-refractivity contribution in [3.8, 4) is 11.6 Å². The third-order valence-electron chi connectivity index (χ3n) is 2.57. The SMILES string of the molecule is Cc1cc(C)c(C(N)=NO)c(Oc2cncc(Cl)c2)n1. The molecule has 0 radical (unpaired) electrons. The van der Waals surface area contributed by atoms with Crippen LogP contribution in [0.4, 0.5) is 0 Å². The van der Waals surface area contributed by atoms with Crippen molar-refractivity contribution >= 4 is 17.4 Å². The van der Waals surface area contributed by atoms with Crippen molar-refractivity contribution in [2.75, 3.05) is 0 Å². The first kappa shape index (κ1) is 14.1. The van der Waals surface area contributed by atoms with E-state index in [4.69, 9.17) is 27.3 Å². The molecule has 0 aliphatic carbocycles. The van der Waals surface area contributed by atoms with Crippen LogP contribution in [0, 0.1) is 13.8 Å². The normalized spacial score (nSPS) is 11.4. The molecule has 2 rings (SSSR count). The maximum Gasteiger partial charge on any atom is 0.230 e. The van der Waals surface area contributed by atoms with Crippen LogP contribution >= 0.6 is 11.6 Å². The monoisotopic (exact) mass is 292 g/mol. The minimum Gasteiger partial charge on any atom is -0.437 e. The second kappa shape index (κ2) is 5.75. The Balaban J connectivity index is 2.50. The lowest BCUT2D eigenvalue weighted by atomic mass is 10.1. The Morgan fingerprint density at radius 2 is 2.10 bits per heavy atom. The Bertz CT molecular complexity index is 673. The number of rotatable bonds is 3. The highest BCUT2D eigenvalue weighted by Gasteiger charge is 2.15. The zero-order valence-corrected chi connectivity index (χ0v) is 11.7. The molecule has 104 valence electrons. The first-order chi connectivity index (χ1) is 9.51. The fourth-order valence-corrected chi connectivity index (χ4v) is 1.96. The van der Waals surface area contributed by atoms with E-state index in [1.165, 1.54) is 12.4 Å². The van der Waals surface area contributed by atoms with Gasteiger partial charge in [-0.25, -0.2) is 4.98 Å². The molecular formula is C13H13ClN4O2. The van der Waals surface area contributed by atoms with Gasteiger partial charge >= 0.3 is 0 Å². The summed E-state index contributed by atoms with van der Waals surface area (Å²) in [4.78, 5) is 8.19. The standard InChI is InChI=1S/C13H13ClN4O2/c1-7-3-8(2)17-13(11(7)12(15)18-19)20-10-4-9(14)5-16-6-10/h3-6,19H,1-2H3,(H2,15,18). The first-order valence-corrected chi connectivity index (χ1v) is 6.13. The fraction of sp³-hybridized carbons (Fsp3) is 0.154. The van der Waals surface area contributed by atoms with Gasteiger partial charge < -0.3 is 15.7 Å². The number of hydrogen-bond donors (Lipinski definition) is 2. The molecule has 2 aromatic rings. The van der Waals surface area contributed by atoms with Gasteiger partial charge in [0.25, 0.3) is 0 Å². The molecule has 6 nitrogen and oxygen atoms in total. The molecule has 0 aliphatic heterocycles. The van der Waals surface area contributed by atoms with Crippen LogP contribution in [-0.2, 0) is 0 Å². The Labute approximate surface area is 120 Å². The zero-order valence-electron chi connectivity index (χ0n) is 11.0. The Kier molecular flexibility index (Phi) is 4.05. The fourth-order valence-electron chi connectivity index (χ4n) is 1.80. The van der Waals surface area contributed by atoms with Crippen LogP contribution in [0.5, 0.6) is 11.6 Å². The van der Waals surface area contributed by atoms with Crippen molar-refractivity contribution in [2.24, 2.45) is 10.9 Å². The summed E-state index contributed by atoms with van der Waals surface area (Å²) in [6.07, 6.45) is 3.00. The molecule has 0 saturated heterocycles. The molecule has 2 aromatic heterocycles. The summed E-state index contributed by atoms with van der Waals surface area (Å²) in [6, 6.07) is 3.42. The number of amidine groups is 1. The highest BCUT2D eigenvalue weighted by Crippen LogP contribution is 2.27. The largest absolute Gasteiger partial charge is 0.437 e. The van der Waals surface area contributed by atoms with Gasteiger partial charge in [-0.15, -0.1) is 0 Å². The van der Waals surface area contributed by atoms with E-state index in [9.17, 15) is 0 Å². The molecule has 0 unspecified atom stereocenters. The number of oxime groups is 1. The van der Waals surface area contributed by atoms with Crippen molar-refractivity contribution < 1.29 is 9.94 Å². The second-order valence-corrected chi connectivity index (χ2v) is 4.62. The van der Waals surface area contributed by atoms with E-state index in [1.54, 1.807) is 6.07 Å². The third kappa shape index (κ3) is 2.97.